The quantitative estimate of drug-likeness (QED) is 0.652. The Kier molecular flexibility index (Phi) is 3.59. The summed E-state index contributed by atoms with van der Waals surface area (Å²) in [6.07, 6.45) is 5.44. The first-order chi connectivity index (χ1) is 7.27. The van der Waals surface area contributed by atoms with E-state index < -0.39 is 0 Å². The second kappa shape index (κ2) is 4.94. The van der Waals surface area contributed by atoms with Gasteiger partial charge in [-0.2, -0.15) is 0 Å². The first kappa shape index (κ1) is 10.9. The molecule has 1 saturated heterocycles. The molecule has 1 aliphatic carbocycles. The molecule has 0 aromatic heterocycles. The van der Waals surface area contributed by atoms with Crippen molar-refractivity contribution in [2.75, 3.05) is 13.2 Å². The Morgan fingerprint density at radius 1 is 1.20 bits per heavy atom. The molecule has 2 atom stereocenters. The number of hydrogen-bond acceptors (Lipinski definition) is 3. The van der Waals surface area contributed by atoms with Crippen LogP contribution in [0.25, 0.3) is 0 Å². The summed E-state index contributed by atoms with van der Waals surface area (Å²) in [5.41, 5.74) is 6.02. The molecule has 0 spiro atoms. The average Bonchev–Trinajstić information content (AvgIpc) is 2.36. The fourth-order valence-electron chi connectivity index (χ4n) is 2.29. The fourth-order valence-corrected chi connectivity index (χ4v) is 2.29. The van der Waals surface area contributed by atoms with Crippen molar-refractivity contribution in [1.29, 1.82) is 0 Å². The number of ether oxygens (including phenoxy) is 1. The van der Waals surface area contributed by atoms with Crippen LogP contribution >= 0.6 is 0 Å². The van der Waals surface area contributed by atoms with Gasteiger partial charge in [0, 0.05) is 6.04 Å². The zero-order chi connectivity index (χ0) is 10.7. The summed E-state index contributed by atoms with van der Waals surface area (Å²) in [5.74, 6) is 0.158. The summed E-state index contributed by atoms with van der Waals surface area (Å²) >= 11 is 0. The third-order valence-corrected chi connectivity index (χ3v) is 3.39. The van der Waals surface area contributed by atoms with Crippen molar-refractivity contribution >= 4 is 5.91 Å². The molecule has 4 nitrogen and oxygen atoms in total. The Morgan fingerprint density at radius 3 is 2.60 bits per heavy atom. The third kappa shape index (κ3) is 2.69. The molecule has 1 amide bonds. The van der Waals surface area contributed by atoms with Gasteiger partial charge in [0.1, 0.15) is 0 Å². The van der Waals surface area contributed by atoms with Gasteiger partial charge in [0.15, 0.2) is 0 Å². The normalized spacial score (nSPS) is 32.9. The Bertz CT molecular complexity index is 229. The van der Waals surface area contributed by atoms with Crippen molar-refractivity contribution < 1.29 is 9.53 Å². The van der Waals surface area contributed by atoms with Crippen LogP contribution in [0.5, 0.6) is 0 Å². The first-order valence-corrected chi connectivity index (χ1v) is 5.91. The molecule has 4 heteroatoms. The van der Waals surface area contributed by atoms with Crippen molar-refractivity contribution in [2.24, 2.45) is 11.7 Å². The van der Waals surface area contributed by atoms with E-state index in [0.29, 0.717) is 13.2 Å². The van der Waals surface area contributed by atoms with E-state index in [9.17, 15) is 4.79 Å². The lowest BCUT2D eigenvalue weighted by Crippen LogP contribution is -2.52. The molecular weight excluding hydrogens is 192 g/mol. The number of nitrogens with one attached hydrogen (secondary N) is 1. The van der Waals surface area contributed by atoms with Crippen LogP contribution in [0.4, 0.5) is 0 Å². The van der Waals surface area contributed by atoms with Crippen molar-refractivity contribution in [2.45, 2.75) is 44.2 Å². The highest BCUT2D eigenvalue weighted by atomic mass is 16.5. The summed E-state index contributed by atoms with van der Waals surface area (Å²) in [6.45, 7) is 1.32. The average molecular weight is 212 g/mol. The molecule has 1 saturated carbocycles. The minimum absolute atomic E-state index is 0.0214. The fraction of sp³-hybridized carbons (Fsp3) is 0.909. The molecule has 0 aromatic rings. The molecule has 2 fully saturated rings. The Hall–Kier alpha value is -0.610. The third-order valence-electron chi connectivity index (χ3n) is 3.39. The van der Waals surface area contributed by atoms with Crippen LogP contribution in [0, 0.1) is 5.92 Å². The lowest BCUT2D eigenvalue weighted by atomic mass is 9.94. The van der Waals surface area contributed by atoms with Gasteiger partial charge in [-0.3, -0.25) is 4.79 Å². The molecular formula is C11H20N2O2. The van der Waals surface area contributed by atoms with E-state index in [-0.39, 0.29) is 23.9 Å². The molecule has 1 heterocycles. The Morgan fingerprint density at radius 2 is 1.93 bits per heavy atom. The number of nitrogens with two attached hydrogens (primary N) is 1. The highest BCUT2D eigenvalue weighted by Crippen LogP contribution is 2.22. The van der Waals surface area contributed by atoms with Gasteiger partial charge in [-0.1, -0.05) is 19.3 Å². The number of carbonyl (C=O) groups is 1. The maximum atomic E-state index is 11.9. The first-order valence-electron chi connectivity index (χ1n) is 5.91. The van der Waals surface area contributed by atoms with Gasteiger partial charge in [-0.15, -0.1) is 0 Å². The van der Waals surface area contributed by atoms with Gasteiger partial charge in [0.05, 0.1) is 25.2 Å². The molecule has 0 radical (unpaired) electrons. The summed E-state index contributed by atoms with van der Waals surface area (Å²) in [7, 11) is 0. The molecule has 0 aromatic carbocycles. The minimum Gasteiger partial charge on any atom is -0.377 e. The summed E-state index contributed by atoms with van der Waals surface area (Å²) in [5, 5.41) is 3.00. The van der Waals surface area contributed by atoms with Gasteiger partial charge in [-0.25, -0.2) is 0 Å². The standard InChI is InChI=1S/C11H20N2O2/c12-10-5-3-1-2-4-9(10)11(14)13-8-6-15-7-8/h8-10H,1-7,12H2,(H,13,14). The van der Waals surface area contributed by atoms with Crippen LogP contribution in [-0.4, -0.2) is 31.2 Å². The van der Waals surface area contributed by atoms with Crippen molar-refractivity contribution in [3.63, 3.8) is 0 Å². The SMILES string of the molecule is NC1CCCCCC1C(=O)NC1COC1. The molecule has 3 N–H and O–H groups in total. The summed E-state index contributed by atoms with van der Waals surface area (Å²) < 4.78 is 5.03. The monoisotopic (exact) mass is 212 g/mol. The zero-order valence-corrected chi connectivity index (χ0v) is 9.08. The maximum absolute atomic E-state index is 11.9. The van der Waals surface area contributed by atoms with Crippen molar-refractivity contribution in [3.05, 3.63) is 0 Å². The van der Waals surface area contributed by atoms with Crippen molar-refractivity contribution in [3.8, 4) is 0 Å². The Labute approximate surface area is 90.5 Å². The van der Waals surface area contributed by atoms with E-state index in [4.69, 9.17) is 10.5 Å². The summed E-state index contributed by atoms with van der Waals surface area (Å²) in [4.78, 5) is 11.9. The van der Waals surface area contributed by atoms with Gasteiger partial charge < -0.3 is 15.8 Å². The molecule has 2 unspecified atom stereocenters. The molecule has 2 rings (SSSR count). The van der Waals surface area contributed by atoms with Gasteiger partial charge in [0.2, 0.25) is 5.91 Å². The van der Waals surface area contributed by atoms with Crippen LogP contribution in [0.15, 0.2) is 0 Å². The van der Waals surface area contributed by atoms with Crippen LogP contribution < -0.4 is 11.1 Å². The lowest BCUT2D eigenvalue weighted by Gasteiger charge is -2.30. The minimum atomic E-state index is 0.0214. The highest BCUT2D eigenvalue weighted by molar-refractivity contribution is 5.79. The molecule has 0 bridgehead atoms. The van der Waals surface area contributed by atoms with E-state index in [2.05, 4.69) is 5.32 Å². The zero-order valence-electron chi connectivity index (χ0n) is 9.08. The van der Waals surface area contributed by atoms with Gasteiger partial charge in [-0.05, 0) is 12.8 Å². The second-order valence-corrected chi connectivity index (χ2v) is 4.65. The number of hydrogen-bond donors (Lipinski definition) is 2. The maximum Gasteiger partial charge on any atom is 0.225 e. The molecule has 15 heavy (non-hydrogen) atoms. The number of rotatable bonds is 2. The van der Waals surface area contributed by atoms with Crippen LogP contribution in [0.1, 0.15) is 32.1 Å². The van der Waals surface area contributed by atoms with E-state index in [1.54, 1.807) is 0 Å². The van der Waals surface area contributed by atoms with E-state index in [0.717, 1.165) is 25.7 Å². The van der Waals surface area contributed by atoms with Crippen molar-refractivity contribution in [1.82, 2.24) is 5.32 Å². The summed E-state index contributed by atoms with van der Waals surface area (Å²) in [6, 6.07) is 0.279. The molecule has 1 aliphatic heterocycles. The van der Waals surface area contributed by atoms with Crippen LogP contribution in [0.3, 0.4) is 0 Å². The predicted octanol–water partition coefficient (Wildman–Crippen LogP) is 0.409. The number of amides is 1. The van der Waals surface area contributed by atoms with Gasteiger partial charge in [0.25, 0.3) is 0 Å². The second-order valence-electron chi connectivity index (χ2n) is 4.65. The predicted molar refractivity (Wildman–Crippen MR) is 57.3 cm³/mol. The highest BCUT2D eigenvalue weighted by Gasteiger charge is 2.30. The molecule has 86 valence electrons. The Balaban J connectivity index is 1.85. The lowest BCUT2D eigenvalue weighted by molar-refractivity contribution is -0.130. The van der Waals surface area contributed by atoms with E-state index in [1.165, 1.54) is 6.42 Å². The smallest absolute Gasteiger partial charge is 0.225 e. The van der Waals surface area contributed by atoms with Gasteiger partial charge >= 0.3 is 0 Å². The van der Waals surface area contributed by atoms with Crippen LogP contribution in [-0.2, 0) is 9.53 Å². The number of carbonyl (C=O) groups excluding carboxylic acids is 1. The van der Waals surface area contributed by atoms with Crippen LogP contribution in [0.2, 0.25) is 0 Å². The van der Waals surface area contributed by atoms with E-state index >= 15 is 0 Å². The molecule has 2 aliphatic rings. The van der Waals surface area contributed by atoms with E-state index in [1.807, 2.05) is 0 Å². The topological polar surface area (TPSA) is 64.4 Å². The largest absolute Gasteiger partial charge is 0.377 e.